The fourth-order valence-corrected chi connectivity index (χ4v) is 2.83. The molecule has 0 bridgehead atoms. The molecular formula is C13H26O2Si. The van der Waals surface area contributed by atoms with Crippen molar-refractivity contribution < 1.29 is 9.53 Å². The van der Waals surface area contributed by atoms with Gasteiger partial charge in [-0.2, -0.15) is 0 Å². The highest BCUT2D eigenvalue weighted by Gasteiger charge is 2.20. The third-order valence-electron chi connectivity index (χ3n) is 2.09. The van der Waals surface area contributed by atoms with Crippen LogP contribution in [0.1, 0.15) is 27.2 Å². The third-order valence-corrected chi connectivity index (χ3v) is 3.54. The molecule has 0 spiro atoms. The van der Waals surface area contributed by atoms with E-state index in [1.807, 2.05) is 6.92 Å². The maximum absolute atomic E-state index is 11.8. The van der Waals surface area contributed by atoms with Gasteiger partial charge < -0.3 is 4.74 Å². The summed E-state index contributed by atoms with van der Waals surface area (Å²) in [5.41, 5.74) is 0.884. The quantitative estimate of drug-likeness (QED) is 0.401. The van der Waals surface area contributed by atoms with Gasteiger partial charge >= 0.3 is 5.97 Å². The lowest BCUT2D eigenvalue weighted by molar-refractivity contribution is -0.138. The molecule has 0 aromatic carbocycles. The monoisotopic (exact) mass is 242 g/mol. The van der Waals surface area contributed by atoms with Crippen LogP contribution >= 0.6 is 0 Å². The van der Waals surface area contributed by atoms with Gasteiger partial charge in [0.05, 0.1) is 6.61 Å². The van der Waals surface area contributed by atoms with Crippen molar-refractivity contribution in [2.45, 2.75) is 52.9 Å². The first-order valence-corrected chi connectivity index (χ1v) is 9.83. The molecular weight excluding hydrogens is 216 g/mol. The van der Waals surface area contributed by atoms with Crippen molar-refractivity contribution in [3.05, 3.63) is 11.6 Å². The normalized spacial score (nSPS) is 13.1. The molecule has 3 heteroatoms. The molecule has 2 nitrogen and oxygen atoms in total. The Hall–Kier alpha value is -0.573. The van der Waals surface area contributed by atoms with E-state index in [2.05, 4.69) is 39.6 Å². The van der Waals surface area contributed by atoms with E-state index in [0.717, 1.165) is 18.0 Å². The Balaban J connectivity index is 4.63. The van der Waals surface area contributed by atoms with E-state index >= 15 is 0 Å². The van der Waals surface area contributed by atoms with Crippen LogP contribution in [0, 0.1) is 5.92 Å². The summed E-state index contributed by atoms with van der Waals surface area (Å²) in [7, 11) is -1.25. The number of allylic oxidation sites excluding steroid dienone is 1. The fraction of sp³-hybridized carbons (Fsp3) is 0.769. The minimum Gasteiger partial charge on any atom is -0.463 e. The second-order valence-corrected chi connectivity index (χ2v) is 11.3. The zero-order valence-electron chi connectivity index (χ0n) is 11.6. The first-order valence-electron chi connectivity index (χ1n) is 6.12. The second-order valence-electron chi connectivity index (χ2n) is 5.82. The lowest BCUT2D eigenvalue weighted by Crippen LogP contribution is -2.23. The predicted octanol–water partition coefficient (Wildman–Crippen LogP) is 3.86. The summed E-state index contributed by atoms with van der Waals surface area (Å²) in [4.78, 5) is 11.8. The molecule has 0 N–H and O–H groups in total. The molecule has 0 saturated carbocycles. The van der Waals surface area contributed by atoms with Crippen molar-refractivity contribution in [1.29, 1.82) is 0 Å². The Labute approximate surface area is 101 Å². The average Bonchev–Trinajstić information content (AvgIpc) is 2.10. The van der Waals surface area contributed by atoms with Crippen LogP contribution in [0.3, 0.4) is 0 Å². The maximum Gasteiger partial charge on any atom is 0.333 e. The van der Waals surface area contributed by atoms with Crippen LogP contribution in [0.2, 0.25) is 25.7 Å². The van der Waals surface area contributed by atoms with Gasteiger partial charge in [-0.15, -0.1) is 0 Å². The Morgan fingerprint density at radius 3 is 2.25 bits per heavy atom. The Kier molecular flexibility index (Phi) is 6.64. The Morgan fingerprint density at radius 2 is 1.88 bits per heavy atom. The Bertz CT molecular complexity index is 249. The van der Waals surface area contributed by atoms with Gasteiger partial charge in [0.25, 0.3) is 0 Å². The van der Waals surface area contributed by atoms with Crippen LogP contribution in [-0.2, 0) is 9.53 Å². The molecule has 0 fully saturated rings. The molecule has 0 aromatic heterocycles. The SMILES string of the molecule is CCOC(=O)/C(=C/CC(C)C)C[Si](C)(C)C. The molecule has 0 radical (unpaired) electrons. The summed E-state index contributed by atoms with van der Waals surface area (Å²) >= 11 is 0. The summed E-state index contributed by atoms with van der Waals surface area (Å²) in [6, 6.07) is 0.915. The summed E-state index contributed by atoms with van der Waals surface area (Å²) in [6.07, 6.45) is 3.03. The minimum absolute atomic E-state index is 0.120. The van der Waals surface area contributed by atoms with Gasteiger partial charge in [0.15, 0.2) is 0 Å². The smallest absolute Gasteiger partial charge is 0.333 e. The van der Waals surface area contributed by atoms with E-state index in [1.165, 1.54) is 0 Å². The van der Waals surface area contributed by atoms with Crippen LogP contribution in [0.25, 0.3) is 0 Å². The van der Waals surface area contributed by atoms with Crippen LogP contribution in [0.5, 0.6) is 0 Å². The second kappa shape index (κ2) is 6.89. The van der Waals surface area contributed by atoms with E-state index in [0.29, 0.717) is 12.5 Å². The fourth-order valence-electron chi connectivity index (χ4n) is 1.40. The highest BCUT2D eigenvalue weighted by atomic mass is 28.3. The van der Waals surface area contributed by atoms with E-state index in [9.17, 15) is 4.79 Å². The highest BCUT2D eigenvalue weighted by molar-refractivity contribution is 6.77. The van der Waals surface area contributed by atoms with Crippen LogP contribution in [0.4, 0.5) is 0 Å². The molecule has 0 saturated heterocycles. The third kappa shape index (κ3) is 7.68. The van der Waals surface area contributed by atoms with E-state index in [1.54, 1.807) is 0 Å². The number of carbonyl (C=O) groups excluding carboxylic acids is 1. The standard InChI is InChI=1S/C13H26O2Si/c1-7-15-13(14)12(9-8-11(2)3)10-16(4,5)6/h9,11H,7-8,10H2,1-6H3/b12-9+. The summed E-state index contributed by atoms with van der Waals surface area (Å²) in [5, 5.41) is 0. The van der Waals surface area contributed by atoms with Gasteiger partial charge in [0, 0.05) is 13.6 Å². The van der Waals surface area contributed by atoms with Crippen molar-refractivity contribution in [3.8, 4) is 0 Å². The number of hydrogen-bond acceptors (Lipinski definition) is 2. The molecule has 0 aliphatic rings. The minimum atomic E-state index is -1.25. The van der Waals surface area contributed by atoms with Crippen molar-refractivity contribution in [2.75, 3.05) is 6.61 Å². The van der Waals surface area contributed by atoms with E-state index < -0.39 is 8.07 Å². The van der Waals surface area contributed by atoms with Gasteiger partial charge in [-0.25, -0.2) is 4.79 Å². The molecule has 94 valence electrons. The summed E-state index contributed by atoms with van der Waals surface area (Å²) in [6.45, 7) is 13.5. The van der Waals surface area contributed by atoms with Crippen molar-refractivity contribution in [2.24, 2.45) is 5.92 Å². The molecule has 0 aliphatic heterocycles. The van der Waals surface area contributed by atoms with Crippen LogP contribution in [0.15, 0.2) is 11.6 Å². The van der Waals surface area contributed by atoms with Crippen LogP contribution in [-0.4, -0.2) is 20.7 Å². The zero-order valence-corrected chi connectivity index (χ0v) is 12.6. The molecule has 0 heterocycles. The summed E-state index contributed by atoms with van der Waals surface area (Å²) < 4.78 is 5.10. The molecule has 0 unspecified atom stereocenters. The summed E-state index contributed by atoms with van der Waals surface area (Å²) in [5.74, 6) is 0.469. The van der Waals surface area contributed by atoms with E-state index in [-0.39, 0.29) is 5.97 Å². The molecule has 16 heavy (non-hydrogen) atoms. The molecule has 0 aromatic rings. The van der Waals surface area contributed by atoms with Gasteiger partial charge in [0.2, 0.25) is 0 Å². The number of hydrogen-bond donors (Lipinski definition) is 0. The molecule has 0 amide bonds. The molecule has 0 atom stereocenters. The average molecular weight is 242 g/mol. The lowest BCUT2D eigenvalue weighted by Gasteiger charge is -2.17. The first kappa shape index (κ1) is 15.4. The van der Waals surface area contributed by atoms with Gasteiger partial charge in [0.1, 0.15) is 0 Å². The highest BCUT2D eigenvalue weighted by Crippen LogP contribution is 2.19. The van der Waals surface area contributed by atoms with Crippen LogP contribution < -0.4 is 0 Å². The Morgan fingerprint density at radius 1 is 1.31 bits per heavy atom. The predicted molar refractivity (Wildman–Crippen MR) is 72.3 cm³/mol. The topological polar surface area (TPSA) is 26.3 Å². The largest absolute Gasteiger partial charge is 0.463 e. The van der Waals surface area contributed by atoms with Crippen molar-refractivity contribution in [1.82, 2.24) is 0 Å². The molecule has 0 rings (SSSR count). The van der Waals surface area contributed by atoms with Crippen molar-refractivity contribution >= 4 is 14.0 Å². The van der Waals surface area contributed by atoms with E-state index in [4.69, 9.17) is 4.74 Å². The lowest BCUT2D eigenvalue weighted by atomic mass is 10.1. The van der Waals surface area contributed by atoms with Gasteiger partial charge in [-0.3, -0.25) is 0 Å². The van der Waals surface area contributed by atoms with Gasteiger partial charge in [-0.05, 0) is 25.3 Å². The zero-order chi connectivity index (χ0) is 12.8. The van der Waals surface area contributed by atoms with Crippen molar-refractivity contribution in [3.63, 3.8) is 0 Å². The first-order chi connectivity index (χ1) is 7.26. The number of carbonyl (C=O) groups is 1. The van der Waals surface area contributed by atoms with Gasteiger partial charge in [-0.1, -0.05) is 39.6 Å². The maximum atomic E-state index is 11.8. The number of ether oxygens (including phenoxy) is 1. The molecule has 0 aliphatic carbocycles. The number of rotatable bonds is 6. The number of esters is 1.